The molecule has 0 N–H and O–H groups in total. The van der Waals surface area contributed by atoms with E-state index in [0.29, 0.717) is 0 Å². The first-order valence-corrected chi connectivity index (χ1v) is 19.5. The number of anilines is 3. The molecule has 0 fully saturated rings. The van der Waals surface area contributed by atoms with Gasteiger partial charge < -0.3 is 9.32 Å². The van der Waals surface area contributed by atoms with E-state index in [1.54, 1.807) is 0 Å². The summed E-state index contributed by atoms with van der Waals surface area (Å²) in [6.45, 7) is 0. The predicted molar refractivity (Wildman–Crippen MR) is 235 cm³/mol. The van der Waals surface area contributed by atoms with E-state index < -0.39 is 0 Å². The van der Waals surface area contributed by atoms with Gasteiger partial charge in [0, 0.05) is 53.4 Å². The van der Waals surface area contributed by atoms with Gasteiger partial charge >= 0.3 is 0 Å². The Labute approximate surface area is 322 Å². The number of nitrogens with zero attached hydrogens (tertiary/aromatic N) is 1. The minimum absolute atomic E-state index is 0.907. The lowest BCUT2D eigenvalue weighted by Crippen LogP contribution is -2.11. The van der Waals surface area contributed by atoms with Gasteiger partial charge in [-0.15, -0.1) is 11.3 Å². The summed E-state index contributed by atoms with van der Waals surface area (Å²) in [7, 11) is 0. The van der Waals surface area contributed by atoms with Gasteiger partial charge in [-0.2, -0.15) is 0 Å². The van der Waals surface area contributed by atoms with Crippen molar-refractivity contribution in [3.8, 4) is 33.4 Å². The van der Waals surface area contributed by atoms with E-state index in [-0.39, 0.29) is 0 Å². The van der Waals surface area contributed by atoms with Crippen LogP contribution in [0.4, 0.5) is 17.1 Å². The van der Waals surface area contributed by atoms with Gasteiger partial charge in [-0.25, -0.2) is 0 Å². The molecule has 0 atom stereocenters. The fourth-order valence-electron chi connectivity index (χ4n) is 8.23. The quantitative estimate of drug-likeness (QED) is 0.170. The van der Waals surface area contributed by atoms with Crippen LogP contribution in [0.15, 0.2) is 205 Å². The van der Waals surface area contributed by atoms with Crippen LogP contribution in [0, 0.1) is 0 Å². The van der Waals surface area contributed by atoms with Gasteiger partial charge in [0.25, 0.3) is 0 Å². The summed E-state index contributed by atoms with van der Waals surface area (Å²) in [4.78, 5) is 2.39. The molecule has 0 aliphatic heterocycles. The van der Waals surface area contributed by atoms with Crippen LogP contribution >= 0.6 is 11.3 Å². The van der Waals surface area contributed by atoms with Gasteiger partial charge in [0.1, 0.15) is 11.2 Å². The number of para-hydroxylation sites is 3. The molecule has 11 rings (SSSR count). The second kappa shape index (κ2) is 12.9. The second-order valence-electron chi connectivity index (χ2n) is 14.1. The highest BCUT2D eigenvalue weighted by molar-refractivity contribution is 7.26. The molecule has 2 heterocycles. The Morgan fingerprint density at radius 3 is 1.78 bits per heavy atom. The molecule has 0 unspecified atom stereocenters. The van der Waals surface area contributed by atoms with E-state index in [1.807, 2.05) is 23.5 Å². The molecule has 0 aliphatic carbocycles. The molecular weight excluding hydrogens is 687 g/mol. The van der Waals surface area contributed by atoms with Crippen LogP contribution in [-0.2, 0) is 0 Å². The highest BCUT2D eigenvalue weighted by Crippen LogP contribution is 2.45. The van der Waals surface area contributed by atoms with Crippen LogP contribution in [0.5, 0.6) is 0 Å². The van der Waals surface area contributed by atoms with Crippen molar-refractivity contribution in [1.82, 2.24) is 0 Å². The molecule has 0 saturated heterocycles. The number of thiophene rings is 1. The summed E-state index contributed by atoms with van der Waals surface area (Å²) in [6.07, 6.45) is 0. The molecule has 0 aliphatic rings. The first-order chi connectivity index (χ1) is 27.3. The van der Waals surface area contributed by atoms with Crippen LogP contribution in [0.1, 0.15) is 0 Å². The third-order valence-corrected chi connectivity index (χ3v) is 12.1. The molecule has 0 saturated carbocycles. The Morgan fingerprint density at radius 1 is 0.382 bits per heavy atom. The van der Waals surface area contributed by atoms with Gasteiger partial charge in [0.05, 0.1) is 5.69 Å². The minimum atomic E-state index is 0.907. The Bertz CT molecular complexity index is 3050. The summed E-state index contributed by atoms with van der Waals surface area (Å²) in [6, 6.07) is 72.2. The normalized spacial score (nSPS) is 11.6. The van der Waals surface area contributed by atoms with E-state index in [2.05, 4.69) is 193 Å². The molecule has 0 bridgehead atoms. The maximum atomic E-state index is 6.43. The summed E-state index contributed by atoms with van der Waals surface area (Å²) < 4.78 is 9.07. The lowest BCUT2D eigenvalue weighted by molar-refractivity contribution is 0.670. The Morgan fingerprint density at radius 2 is 0.964 bits per heavy atom. The van der Waals surface area contributed by atoms with Crippen LogP contribution < -0.4 is 4.90 Å². The van der Waals surface area contributed by atoms with Crippen molar-refractivity contribution in [3.05, 3.63) is 200 Å². The number of benzene rings is 9. The Kier molecular flexibility index (Phi) is 7.39. The van der Waals surface area contributed by atoms with E-state index in [1.165, 1.54) is 53.2 Å². The maximum absolute atomic E-state index is 6.43. The van der Waals surface area contributed by atoms with Crippen LogP contribution in [-0.4, -0.2) is 0 Å². The van der Waals surface area contributed by atoms with Crippen LogP contribution in [0.25, 0.3) is 86.3 Å². The lowest BCUT2D eigenvalue weighted by atomic mass is 9.98. The largest absolute Gasteiger partial charge is 0.455 e. The first-order valence-electron chi connectivity index (χ1n) is 18.7. The van der Waals surface area contributed by atoms with Crippen molar-refractivity contribution >= 4 is 81.3 Å². The molecule has 258 valence electrons. The van der Waals surface area contributed by atoms with E-state index in [0.717, 1.165) is 50.1 Å². The fraction of sp³-hybridized carbons (Fsp3) is 0. The first kappa shape index (κ1) is 31.6. The molecule has 9 aromatic carbocycles. The van der Waals surface area contributed by atoms with E-state index in [4.69, 9.17) is 4.42 Å². The third-order valence-electron chi connectivity index (χ3n) is 10.9. The summed E-state index contributed by atoms with van der Waals surface area (Å²) >= 11 is 1.87. The molecule has 2 aromatic heterocycles. The zero-order valence-electron chi connectivity index (χ0n) is 29.8. The average Bonchev–Trinajstić information content (AvgIpc) is 3.83. The maximum Gasteiger partial charge on any atom is 0.143 e. The number of fused-ring (bicyclic) bond motifs is 7. The summed E-state index contributed by atoms with van der Waals surface area (Å²) in [5, 5.41) is 7.36. The van der Waals surface area contributed by atoms with Gasteiger partial charge in [-0.05, 0) is 81.6 Å². The third kappa shape index (κ3) is 5.32. The van der Waals surface area contributed by atoms with Crippen molar-refractivity contribution in [2.24, 2.45) is 0 Å². The zero-order valence-corrected chi connectivity index (χ0v) is 30.6. The van der Waals surface area contributed by atoms with Crippen molar-refractivity contribution < 1.29 is 4.42 Å². The molecular formula is C52H33NOS. The molecule has 0 amide bonds. The zero-order chi connectivity index (χ0) is 36.3. The summed E-state index contributed by atoms with van der Waals surface area (Å²) in [5.74, 6) is 0. The molecule has 3 heteroatoms. The van der Waals surface area contributed by atoms with Crippen molar-refractivity contribution in [1.29, 1.82) is 0 Å². The Balaban J connectivity index is 1.05. The van der Waals surface area contributed by atoms with Crippen LogP contribution in [0.3, 0.4) is 0 Å². The number of furan rings is 1. The molecule has 11 aromatic rings. The fourth-order valence-corrected chi connectivity index (χ4v) is 9.46. The molecule has 55 heavy (non-hydrogen) atoms. The van der Waals surface area contributed by atoms with E-state index >= 15 is 0 Å². The predicted octanol–water partition coefficient (Wildman–Crippen LogP) is 15.6. The van der Waals surface area contributed by atoms with Gasteiger partial charge in [0.2, 0.25) is 0 Å². The number of hydrogen-bond acceptors (Lipinski definition) is 3. The number of rotatable bonds is 6. The molecule has 2 nitrogen and oxygen atoms in total. The van der Waals surface area contributed by atoms with Gasteiger partial charge in [0.15, 0.2) is 0 Å². The lowest BCUT2D eigenvalue weighted by Gasteiger charge is -2.28. The molecule has 0 radical (unpaired) electrons. The monoisotopic (exact) mass is 719 g/mol. The average molecular weight is 720 g/mol. The minimum Gasteiger partial charge on any atom is -0.455 e. The highest BCUT2D eigenvalue weighted by Gasteiger charge is 2.19. The second-order valence-corrected chi connectivity index (χ2v) is 15.1. The van der Waals surface area contributed by atoms with E-state index in [9.17, 15) is 0 Å². The van der Waals surface area contributed by atoms with Gasteiger partial charge in [-0.3, -0.25) is 0 Å². The van der Waals surface area contributed by atoms with Crippen molar-refractivity contribution in [2.75, 3.05) is 4.90 Å². The smallest absolute Gasteiger partial charge is 0.143 e. The molecule has 0 spiro atoms. The number of hydrogen-bond donors (Lipinski definition) is 0. The Hall–Kier alpha value is -6.94. The topological polar surface area (TPSA) is 16.4 Å². The van der Waals surface area contributed by atoms with Crippen molar-refractivity contribution in [3.63, 3.8) is 0 Å². The van der Waals surface area contributed by atoms with Gasteiger partial charge in [-0.1, -0.05) is 152 Å². The highest BCUT2D eigenvalue weighted by atomic mass is 32.1. The SMILES string of the molecule is c1ccc(N(c2ccc(-c3cccc4c3oc3ccccc34)cc2)c2ccc(-c3cccc4c3sc3ccccc34)cc2)c(-c2ccc3ccccc3c2)c1. The van der Waals surface area contributed by atoms with Crippen molar-refractivity contribution in [2.45, 2.75) is 0 Å². The summed E-state index contributed by atoms with van der Waals surface area (Å²) in [5.41, 5.74) is 12.1. The van der Waals surface area contributed by atoms with Crippen LogP contribution in [0.2, 0.25) is 0 Å². The standard InChI is InChI=1S/C52H33NOS/c1-2-12-37-33-38(24-23-34(37)11-1)41-13-3-6-20-48(41)53(39-29-25-35(26-30-39)42-16-9-18-46-44-14-4-7-21-49(44)54-51(42)46)40-31-27-36(28-32-40)43-17-10-19-47-45-15-5-8-22-50(45)55-52(43)47/h1-33H.